The first-order valence-electron chi connectivity index (χ1n) is 6.74. The van der Waals surface area contributed by atoms with E-state index in [1.165, 1.54) is 18.3 Å². The Kier molecular flexibility index (Phi) is 5.18. The molecule has 110 valence electrons. The van der Waals surface area contributed by atoms with Crippen LogP contribution < -0.4 is 10.6 Å². The van der Waals surface area contributed by atoms with Crippen molar-refractivity contribution in [2.45, 2.75) is 18.9 Å². The number of aromatic hydroxyl groups is 1. The van der Waals surface area contributed by atoms with E-state index in [0.29, 0.717) is 12.2 Å². The second kappa shape index (κ2) is 7.31. The molecule has 1 aromatic rings. The molecule has 21 heavy (non-hydrogen) atoms. The fourth-order valence-electron chi connectivity index (χ4n) is 1.97. The average molecular weight is 287 g/mol. The third-order valence-corrected chi connectivity index (χ3v) is 3.13. The Bertz CT molecular complexity index is 555. The summed E-state index contributed by atoms with van der Waals surface area (Å²) in [6.45, 7) is 1.14. The number of nitriles is 1. The van der Waals surface area contributed by atoms with Gasteiger partial charge in [0.25, 0.3) is 5.91 Å². The Morgan fingerprint density at radius 1 is 1.48 bits per heavy atom. The van der Waals surface area contributed by atoms with Gasteiger partial charge < -0.3 is 20.5 Å². The van der Waals surface area contributed by atoms with E-state index in [0.717, 1.165) is 19.4 Å². The predicted octanol–water partition coefficient (Wildman–Crippen LogP) is 1.51. The molecule has 1 aliphatic heterocycles. The average Bonchev–Trinajstić information content (AvgIpc) is 3.01. The van der Waals surface area contributed by atoms with Gasteiger partial charge in [0.05, 0.1) is 6.10 Å². The molecule has 1 aliphatic rings. The van der Waals surface area contributed by atoms with Crippen LogP contribution in [0.2, 0.25) is 0 Å². The molecule has 1 amide bonds. The summed E-state index contributed by atoms with van der Waals surface area (Å²) in [4.78, 5) is 11.9. The zero-order valence-electron chi connectivity index (χ0n) is 11.5. The van der Waals surface area contributed by atoms with Crippen LogP contribution in [0.5, 0.6) is 5.75 Å². The number of anilines is 1. The molecule has 3 N–H and O–H groups in total. The Morgan fingerprint density at radius 2 is 2.24 bits per heavy atom. The lowest BCUT2D eigenvalue weighted by molar-refractivity contribution is -0.117. The van der Waals surface area contributed by atoms with Crippen LogP contribution in [0, 0.1) is 11.3 Å². The molecule has 1 fully saturated rings. The van der Waals surface area contributed by atoms with Crippen molar-refractivity contribution in [1.82, 2.24) is 5.32 Å². The zero-order valence-corrected chi connectivity index (χ0v) is 11.5. The lowest BCUT2D eigenvalue weighted by Gasteiger charge is -2.10. The standard InChI is InChI=1S/C15H17N3O3/c16-8-11(9-17-12-3-5-13(19)6-4-12)15(20)18-10-14-2-1-7-21-14/h3-6,9,14,17,19H,1-2,7,10H2,(H,18,20)/b11-9-. The number of carbonyl (C=O) groups excluding carboxylic acids is 1. The van der Waals surface area contributed by atoms with Crippen LogP contribution in [0.3, 0.4) is 0 Å². The van der Waals surface area contributed by atoms with Crippen molar-refractivity contribution in [2.24, 2.45) is 0 Å². The van der Waals surface area contributed by atoms with Gasteiger partial charge >= 0.3 is 0 Å². The number of rotatable bonds is 5. The zero-order chi connectivity index (χ0) is 15.1. The van der Waals surface area contributed by atoms with E-state index < -0.39 is 5.91 Å². The summed E-state index contributed by atoms with van der Waals surface area (Å²) in [6, 6.07) is 8.17. The van der Waals surface area contributed by atoms with Crippen molar-refractivity contribution >= 4 is 11.6 Å². The first kappa shape index (κ1) is 14.9. The highest BCUT2D eigenvalue weighted by atomic mass is 16.5. The highest BCUT2D eigenvalue weighted by Gasteiger charge is 2.17. The Balaban J connectivity index is 1.88. The third-order valence-electron chi connectivity index (χ3n) is 3.13. The van der Waals surface area contributed by atoms with Gasteiger partial charge in [-0.15, -0.1) is 0 Å². The maximum absolute atomic E-state index is 11.9. The number of nitrogens with one attached hydrogen (secondary N) is 2. The van der Waals surface area contributed by atoms with Crippen LogP contribution in [0.4, 0.5) is 5.69 Å². The van der Waals surface area contributed by atoms with Gasteiger partial charge in [-0.25, -0.2) is 0 Å². The first-order valence-corrected chi connectivity index (χ1v) is 6.74. The fraction of sp³-hybridized carbons (Fsp3) is 0.333. The summed E-state index contributed by atoms with van der Waals surface area (Å²) in [5, 5.41) is 23.7. The van der Waals surface area contributed by atoms with Crippen LogP contribution in [0.15, 0.2) is 36.0 Å². The van der Waals surface area contributed by atoms with Crippen LogP contribution in [0.1, 0.15) is 12.8 Å². The third kappa shape index (κ3) is 4.51. The van der Waals surface area contributed by atoms with Gasteiger partial charge in [-0.1, -0.05) is 0 Å². The van der Waals surface area contributed by atoms with Gasteiger partial charge in [0.1, 0.15) is 17.4 Å². The van der Waals surface area contributed by atoms with E-state index in [1.54, 1.807) is 12.1 Å². The lowest BCUT2D eigenvalue weighted by atomic mass is 10.2. The quantitative estimate of drug-likeness (QED) is 0.433. The Hall–Kier alpha value is -2.52. The number of nitrogens with zero attached hydrogens (tertiary/aromatic N) is 1. The fourth-order valence-corrected chi connectivity index (χ4v) is 1.97. The molecule has 0 saturated carbocycles. The molecule has 1 unspecified atom stereocenters. The van der Waals surface area contributed by atoms with Gasteiger partial charge in [-0.05, 0) is 37.1 Å². The molecule has 2 rings (SSSR count). The maximum Gasteiger partial charge on any atom is 0.263 e. The highest BCUT2D eigenvalue weighted by molar-refractivity contribution is 5.97. The van der Waals surface area contributed by atoms with E-state index >= 15 is 0 Å². The summed E-state index contributed by atoms with van der Waals surface area (Å²) in [5.41, 5.74) is 0.661. The summed E-state index contributed by atoms with van der Waals surface area (Å²) >= 11 is 0. The smallest absolute Gasteiger partial charge is 0.263 e. The summed E-state index contributed by atoms with van der Waals surface area (Å²) in [6.07, 6.45) is 3.32. The number of carbonyl (C=O) groups is 1. The number of phenolic OH excluding ortho intramolecular Hbond substituents is 1. The molecule has 1 saturated heterocycles. The number of benzene rings is 1. The molecule has 1 atom stereocenters. The first-order chi connectivity index (χ1) is 10.2. The SMILES string of the molecule is N#C/C(=C/Nc1ccc(O)cc1)C(=O)NCC1CCCO1. The minimum absolute atomic E-state index is 0.0129. The van der Waals surface area contributed by atoms with Gasteiger partial charge in [0.15, 0.2) is 0 Å². The predicted molar refractivity (Wildman–Crippen MR) is 77.4 cm³/mol. The molecule has 0 spiro atoms. The second-order valence-corrected chi connectivity index (χ2v) is 4.71. The Morgan fingerprint density at radius 3 is 2.86 bits per heavy atom. The maximum atomic E-state index is 11.9. The largest absolute Gasteiger partial charge is 0.508 e. The van der Waals surface area contributed by atoms with E-state index in [9.17, 15) is 9.90 Å². The van der Waals surface area contributed by atoms with Crippen molar-refractivity contribution in [3.8, 4) is 11.8 Å². The van der Waals surface area contributed by atoms with Gasteiger partial charge in [0.2, 0.25) is 0 Å². The van der Waals surface area contributed by atoms with E-state index in [-0.39, 0.29) is 17.4 Å². The van der Waals surface area contributed by atoms with Crippen LogP contribution >= 0.6 is 0 Å². The molecule has 1 aromatic carbocycles. The number of phenols is 1. The highest BCUT2D eigenvalue weighted by Crippen LogP contribution is 2.14. The number of amides is 1. The van der Waals surface area contributed by atoms with E-state index in [1.807, 2.05) is 6.07 Å². The minimum atomic E-state index is -0.431. The van der Waals surface area contributed by atoms with Gasteiger partial charge in [0, 0.05) is 25.0 Å². The van der Waals surface area contributed by atoms with Gasteiger partial charge in [-0.3, -0.25) is 4.79 Å². The van der Waals surface area contributed by atoms with Crippen molar-refractivity contribution < 1.29 is 14.6 Å². The normalized spacial score (nSPS) is 18.0. The molecular formula is C15H17N3O3. The number of hydrogen-bond acceptors (Lipinski definition) is 5. The van der Waals surface area contributed by atoms with Crippen LogP contribution in [-0.2, 0) is 9.53 Å². The second-order valence-electron chi connectivity index (χ2n) is 4.71. The molecule has 1 heterocycles. The number of hydrogen-bond donors (Lipinski definition) is 3. The van der Waals surface area contributed by atoms with Crippen molar-refractivity contribution in [2.75, 3.05) is 18.5 Å². The molecular weight excluding hydrogens is 270 g/mol. The number of ether oxygens (including phenoxy) is 1. The lowest BCUT2D eigenvalue weighted by Crippen LogP contribution is -2.32. The summed E-state index contributed by atoms with van der Waals surface area (Å²) in [7, 11) is 0. The topological polar surface area (TPSA) is 94.4 Å². The summed E-state index contributed by atoms with van der Waals surface area (Å²) in [5.74, 6) is -0.279. The molecule has 6 nitrogen and oxygen atoms in total. The van der Waals surface area contributed by atoms with Crippen LogP contribution in [-0.4, -0.2) is 30.3 Å². The summed E-state index contributed by atoms with van der Waals surface area (Å²) < 4.78 is 5.40. The van der Waals surface area contributed by atoms with Gasteiger partial charge in [-0.2, -0.15) is 5.26 Å². The molecule has 0 aromatic heterocycles. The molecule has 6 heteroatoms. The van der Waals surface area contributed by atoms with Crippen molar-refractivity contribution in [3.05, 3.63) is 36.0 Å². The molecule has 0 bridgehead atoms. The van der Waals surface area contributed by atoms with E-state index in [2.05, 4.69) is 10.6 Å². The van der Waals surface area contributed by atoms with Crippen molar-refractivity contribution in [1.29, 1.82) is 5.26 Å². The molecule has 0 radical (unpaired) electrons. The van der Waals surface area contributed by atoms with Crippen LogP contribution in [0.25, 0.3) is 0 Å². The van der Waals surface area contributed by atoms with E-state index in [4.69, 9.17) is 10.00 Å². The Labute approximate surface area is 123 Å². The van der Waals surface area contributed by atoms with Crippen molar-refractivity contribution in [3.63, 3.8) is 0 Å². The molecule has 0 aliphatic carbocycles. The monoisotopic (exact) mass is 287 g/mol. The minimum Gasteiger partial charge on any atom is -0.508 e.